The van der Waals surface area contributed by atoms with Crippen molar-refractivity contribution in [1.82, 2.24) is 5.32 Å². The van der Waals surface area contributed by atoms with Gasteiger partial charge in [0, 0.05) is 16.4 Å². The summed E-state index contributed by atoms with van der Waals surface area (Å²) in [4.78, 5) is 12.0. The van der Waals surface area contributed by atoms with Crippen LogP contribution in [-0.4, -0.2) is 23.4 Å². The fraction of sp³-hybridized carbons (Fsp3) is 0.500. The third-order valence-corrected chi connectivity index (χ3v) is 3.47. The molecule has 19 heavy (non-hydrogen) atoms. The topological polar surface area (TPSA) is 38.3 Å². The maximum absolute atomic E-state index is 12.0. The van der Waals surface area contributed by atoms with Crippen molar-refractivity contribution >= 4 is 33.4 Å². The Bertz CT molecular complexity index is 414. The van der Waals surface area contributed by atoms with Crippen LogP contribution in [0.2, 0.25) is 5.02 Å². The Morgan fingerprint density at radius 3 is 2.84 bits per heavy atom. The van der Waals surface area contributed by atoms with E-state index in [4.69, 9.17) is 16.3 Å². The van der Waals surface area contributed by atoms with Crippen molar-refractivity contribution in [2.45, 2.75) is 38.8 Å². The van der Waals surface area contributed by atoms with Crippen molar-refractivity contribution in [2.24, 2.45) is 0 Å². The second-order valence-electron chi connectivity index (χ2n) is 4.31. The molecule has 0 bridgehead atoms. The summed E-state index contributed by atoms with van der Waals surface area (Å²) in [5.41, 5.74) is 0. The summed E-state index contributed by atoms with van der Waals surface area (Å²) in [6, 6.07) is 7.22. The predicted molar refractivity (Wildman–Crippen MR) is 82.2 cm³/mol. The van der Waals surface area contributed by atoms with Crippen molar-refractivity contribution in [3.8, 4) is 5.75 Å². The first kappa shape index (κ1) is 16.3. The molecular formula is C14H19BrClNO2. The lowest BCUT2D eigenvalue weighted by Crippen LogP contribution is -2.42. The average molecular weight is 349 g/mol. The zero-order chi connectivity index (χ0) is 14.3. The van der Waals surface area contributed by atoms with Gasteiger partial charge in [-0.1, -0.05) is 40.5 Å². The second-order valence-corrected chi connectivity index (χ2v) is 5.54. The van der Waals surface area contributed by atoms with Gasteiger partial charge in [-0.25, -0.2) is 0 Å². The van der Waals surface area contributed by atoms with E-state index in [0.29, 0.717) is 10.8 Å². The third-order valence-electron chi connectivity index (χ3n) is 2.77. The number of hydrogen-bond donors (Lipinski definition) is 1. The van der Waals surface area contributed by atoms with Crippen LogP contribution < -0.4 is 10.1 Å². The van der Waals surface area contributed by atoms with Gasteiger partial charge in [0.15, 0.2) is 6.10 Å². The monoisotopic (exact) mass is 347 g/mol. The van der Waals surface area contributed by atoms with Crippen molar-refractivity contribution in [3.63, 3.8) is 0 Å². The second kappa shape index (κ2) is 8.43. The van der Waals surface area contributed by atoms with Crippen molar-refractivity contribution in [2.75, 3.05) is 5.33 Å². The van der Waals surface area contributed by atoms with Crippen LogP contribution in [0, 0.1) is 0 Å². The summed E-state index contributed by atoms with van der Waals surface area (Å²) in [5, 5.41) is 4.44. The Labute approximate surface area is 127 Å². The van der Waals surface area contributed by atoms with Crippen LogP contribution in [0.4, 0.5) is 0 Å². The first-order chi connectivity index (χ1) is 9.06. The van der Waals surface area contributed by atoms with Crippen molar-refractivity contribution in [1.29, 1.82) is 0 Å². The number of carbonyl (C=O) groups is 1. The van der Waals surface area contributed by atoms with Gasteiger partial charge in [-0.2, -0.15) is 0 Å². The van der Waals surface area contributed by atoms with E-state index in [9.17, 15) is 4.79 Å². The molecule has 5 heteroatoms. The molecule has 106 valence electrons. The molecule has 0 radical (unpaired) electrons. The molecule has 1 rings (SSSR count). The fourth-order valence-electron chi connectivity index (χ4n) is 1.63. The lowest BCUT2D eigenvalue weighted by atomic mass is 10.1. The number of carbonyl (C=O) groups excluding carboxylic acids is 1. The Hall–Kier alpha value is -0.740. The van der Waals surface area contributed by atoms with E-state index in [1.165, 1.54) is 0 Å². The maximum atomic E-state index is 12.0. The van der Waals surface area contributed by atoms with E-state index >= 15 is 0 Å². The molecule has 1 N–H and O–H groups in total. The van der Waals surface area contributed by atoms with E-state index in [2.05, 4.69) is 28.2 Å². The molecule has 0 aromatic heterocycles. The SMILES string of the molecule is CCC(CCBr)NC(=O)C(C)Oc1cccc(Cl)c1. The van der Waals surface area contributed by atoms with Crippen LogP contribution >= 0.6 is 27.5 Å². The molecule has 1 amide bonds. The highest BCUT2D eigenvalue weighted by Gasteiger charge is 2.17. The summed E-state index contributed by atoms with van der Waals surface area (Å²) in [7, 11) is 0. The van der Waals surface area contributed by atoms with Gasteiger partial charge in [-0.15, -0.1) is 0 Å². The Kier molecular flexibility index (Phi) is 7.24. The highest BCUT2D eigenvalue weighted by molar-refractivity contribution is 9.09. The summed E-state index contributed by atoms with van der Waals surface area (Å²) in [6.07, 6.45) is 1.27. The minimum atomic E-state index is -0.539. The van der Waals surface area contributed by atoms with Crippen LogP contribution in [0.5, 0.6) is 5.75 Å². The van der Waals surface area contributed by atoms with Crippen LogP contribution in [-0.2, 0) is 4.79 Å². The number of nitrogens with one attached hydrogen (secondary N) is 1. The zero-order valence-electron chi connectivity index (χ0n) is 11.2. The zero-order valence-corrected chi connectivity index (χ0v) is 13.5. The van der Waals surface area contributed by atoms with Crippen LogP contribution in [0.3, 0.4) is 0 Å². The summed E-state index contributed by atoms with van der Waals surface area (Å²) < 4.78 is 5.57. The van der Waals surface area contributed by atoms with E-state index < -0.39 is 6.10 Å². The minimum Gasteiger partial charge on any atom is -0.481 e. The number of alkyl halides is 1. The maximum Gasteiger partial charge on any atom is 0.260 e. The molecule has 0 aliphatic rings. The van der Waals surface area contributed by atoms with E-state index in [1.54, 1.807) is 31.2 Å². The number of halogens is 2. The lowest BCUT2D eigenvalue weighted by Gasteiger charge is -2.20. The number of rotatable bonds is 7. The third kappa shape index (κ3) is 5.83. The van der Waals surface area contributed by atoms with Gasteiger partial charge >= 0.3 is 0 Å². The van der Waals surface area contributed by atoms with Crippen LogP contribution in [0.15, 0.2) is 24.3 Å². The molecule has 0 heterocycles. The number of benzene rings is 1. The number of amides is 1. The molecule has 0 spiro atoms. The van der Waals surface area contributed by atoms with Crippen molar-refractivity contribution in [3.05, 3.63) is 29.3 Å². The highest BCUT2D eigenvalue weighted by atomic mass is 79.9. The van der Waals surface area contributed by atoms with Crippen LogP contribution in [0.1, 0.15) is 26.7 Å². The van der Waals surface area contributed by atoms with E-state index in [-0.39, 0.29) is 11.9 Å². The average Bonchev–Trinajstić information content (AvgIpc) is 2.38. The molecule has 2 unspecified atom stereocenters. The van der Waals surface area contributed by atoms with Gasteiger partial charge in [0.1, 0.15) is 5.75 Å². The Balaban J connectivity index is 2.52. The first-order valence-corrected chi connectivity index (χ1v) is 7.85. The number of ether oxygens (including phenoxy) is 1. The summed E-state index contributed by atoms with van der Waals surface area (Å²) in [6.45, 7) is 3.78. The summed E-state index contributed by atoms with van der Waals surface area (Å²) >= 11 is 9.25. The molecule has 0 saturated carbocycles. The molecular weight excluding hydrogens is 330 g/mol. The molecule has 0 aliphatic heterocycles. The van der Waals surface area contributed by atoms with E-state index in [1.807, 2.05) is 0 Å². The smallest absolute Gasteiger partial charge is 0.260 e. The number of hydrogen-bond acceptors (Lipinski definition) is 2. The fourth-order valence-corrected chi connectivity index (χ4v) is 2.36. The van der Waals surface area contributed by atoms with Crippen molar-refractivity contribution < 1.29 is 9.53 Å². The molecule has 1 aromatic rings. The Morgan fingerprint density at radius 2 is 2.26 bits per heavy atom. The normalized spacial score (nSPS) is 13.7. The van der Waals surface area contributed by atoms with Gasteiger partial charge < -0.3 is 10.1 Å². The predicted octanol–water partition coefficient (Wildman–Crippen LogP) is 3.79. The van der Waals surface area contributed by atoms with Crippen LogP contribution in [0.25, 0.3) is 0 Å². The molecule has 2 atom stereocenters. The first-order valence-electron chi connectivity index (χ1n) is 6.35. The molecule has 0 saturated heterocycles. The van der Waals surface area contributed by atoms with Gasteiger partial charge in [-0.3, -0.25) is 4.79 Å². The van der Waals surface area contributed by atoms with Gasteiger partial charge in [0.2, 0.25) is 0 Å². The summed E-state index contributed by atoms with van der Waals surface area (Å²) in [5.74, 6) is 0.497. The van der Waals surface area contributed by atoms with E-state index in [0.717, 1.165) is 18.2 Å². The highest BCUT2D eigenvalue weighted by Crippen LogP contribution is 2.18. The Morgan fingerprint density at radius 1 is 1.53 bits per heavy atom. The molecule has 0 fully saturated rings. The van der Waals surface area contributed by atoms with Gasteiger partial charge in [0.05, 0.1) is 0 Å². The van der Waals surface area contributed by atoms with Gasteiger partial charge in [-0.05, 0) is 38.0 Å². The largest absolute Gasteiger partial charge is 0.481 e. The standard InChI is InChI=1S/C14H19BrClNO2/c1-3-12(7-8-15)17-14(18)10(2)19-13-6-4-5-11(16)9-13/h4-6,9-10,12H,3,7-8H2,1-2H3,(H,17,18). The quantitative estimate of drug-likeness (QED) is 0.761. The lowest BCUT2D eigenvalue weighted by molar-refractivity contribution is -0.128. The van der Waals surface area contributed by atoms with Gasteiger partial charge in [0.25, 0.3) is 5.91 Å². The molecule has 0 aliphatic carbocycles. The molecule has 3 nitrogen and oxygen atoms in total. The molecule has 1 aromatic carbocycles. The minimum absolute atomic E-state index is 0.104.